The van der Waals surface area contributed by atoms with Crippen molar-refractivity contribution in [3.63, 3.8) is 0 Å². The fraction of sp³-hybridized carbons (Fsp3) is 0.167. The molecule has 0 aliphatic carbocycles. The molecule has 7 heteroatoms. The molecule has 0 radical (unpaired) electrons. The van der Waals surface area contributed by atoms with E-state index < -0.39 is 0 Å². The van der Waals surface area contributed by atoms with Gasteiger partial charge >= 0.3 is 0 Å². The van der Waals surface area contributed by atoms with Gasteiger partial charge in [0.2, 0.25) is 0 Å². The Morgan fingerprint density at radius 2 is 1.61 bits per heavy atom. The number of nitrogens with zero attached hydrogens (tertiary/aromatic N) is 3. The lowest BCUT2D eigenvalue weighted by molar-refractivity contribution is 0.577. The van der Waals surface area contributed by atoms with Gasteiger partial charge in [-0.25, -0.2) is 0 Å². The Labute approximate surface area is 196 Å². The molecule has 158 valence electrons. The van der Waals surface area contributed by atoms with E-state index in [9.17, 15) is 0 Å². The molecular weight excluding hydrogens is 451 g/mol. The van der Waals surface area contributed by atoms with Crippen molar-refractivity contribution < 1.29 is 0 Å². The van der Waals surface area contributed by atoms with Crippen molar-refractivity contribution >= 4 is 34.8 Å². The summed E-state index contributed by atoms with van der Waals surface area (Å²) < 4.78 is 0. The van der Waals surface area contributed by atoms with Crippen molar-refractivity contribution in [3.05, 3.63) is 105 Å². The largest absolute Gasteiger partial charge is 0.311 e. The number of halogens is 3. The van der Waals surface area contributed by atoms with Gasteiger partial charge in [0.05, 0.1) is 6.54 Å². The van der Waals surface area contributed by atoms with Crippen LogP contribution < -0.4 is 5.32 Å². The van der Waals surface area contributed by atoms with Crippen LogP contribution in [0.3, 0.4) is 0 Å². The summed E-state index contributed by atoms with van der Waals surface area (Å²) in [6.45, 7) is 1.92. The van der Waals surface area contributed by atoms with Gasteiger partial charge in [0.15, 0.2) is 0 Å². The summed E-state index contributed by atoms with van der Waals surface area (Å²) in [4.78, 5) is 1.72. The maximum absolute atomic E-state index is 6.27. The number of hydrogen-bond acceptors (Lipinski definition) is 3. The first-order valence-corrected chi connectivity index (χ1v) is 11.1. The molecule has 0 saturated carbocycles. The minimum Gasteiger partial charge on any atom is -0.311 e. The van der Waals surface area contributed by atoms with Crippen molar-refractivity contribution in [3.8, 4) is 11.3 Å². The zero-order valence-corrected chi connectivity index (χ0v) is 19.0. The van der Waals surface area contributed by atoms with E-state index in [0.717, 1.165) is 41.0 Å². The van der Waals surface area contributed by atoms with Crippen LogP contribution in [0.4, 0.5) is 0 Å². The third kappa shape index (κ3) is 5.86. The van der Waals surface area contributed by atoms with Gasteiger partial charge in [-0.15, -0.1) is 0 Å². The van der Waals surface area contributed by atoms with Crippen LogP contribution in [0, 0.1) is 0 Å². The second kappa shape index (κ2) is 10.3. The molecule has 0 amide bonds. The number of hydrogen-bond donors (Lipinski definition) is 1. The van der Waals surface area contributed by atoms with Crippen LogP contribution in [0.1, 0.15) is 16.8 Å². The first-order valence-electron chi connectivity index (χ1n) is 9.97. The van der Waals surface area contributed by atoms with Crippen LogP contribution in [-0.4, -0.2) is 21.5 Å². The quantitative estimate of drug-likeness (QED) is 0.307. The van der Waals surface area contributed by atoms with Crippen LogP contribution >= 0.6 is 34.8 Å². The number of rotatable bonds is 8. The average molecular weight is 472 g/mol. The Morgan fingerprint density at radius 3 is 2.39 bits per heavy atom. The summed E-state index contributed by atoms with van der Waals surface area (Å²) in [6.07, 6.45) is 0.799. The predicted molar refractivity (Wildman–Crippen MR) is 128 cm³/mol. The standard InChI is InChI=1S/C24H21Cl3N4/c25-20-8-4-5-17(13-20)16-31-29-23(24(30-31)19-6-2-1-3-7-19)15-28-12-11-18-9-10-21(26)14-22(18)27/h1-10,13-14,28H,11-12,15-16H2. The van der Waals surface area contributed by atoms with Gasteiger partial charge in [-0.1, -0.05) is 83.3 Å². The van der Waals surface area contributed by atoms with Crippen molar-refractivity contribution in [2.45, 2.75) is 19.5 Å². The average Bonchev–Trinajstić information content (AvgIpc) is 3.15. The molecular formula is C24H21Cl3N4. The fourth-order valence-corrected chi connectivity index (χ4v) is 4.06. The highest BCUT2D eigenvalue weighted by Gasteiger charge is 2.13. The van der Waals surface area contributed by atoms with E-state index in [0.29, 0.717) is 28.2 Å². The lowest BCUT2D eigenvalue weighted by Gasteiger charge is -2.06. The van der Waals surface area contributed by atoms with Crippen LogP contribution in [0.25, 0.3) is 11.3 Å². The Kier molecular flexibility index (Phi) is 7.25. The lowest BCUT2D eigenvalue weighted by atomic mass is 10.1. The Bertz CT molecular complexity index is 1160. The minimum absolute atomic E-state index is 0.556. The smallest absolute Gasteiger partial charge is 0.117 e. The van der Waals surface area contributed by atoms with Gasteiger partial charge in [0.1, 0.15) is 11.4 Å². The Morgan fingerprint density at radius 1 is 0.806 bits per heavy atom. The fourth-order valence-electron chi connectivity index (χ4n) is 3.35. The molecule has 1 heterocycles. The summed E-state index contributed by atoms with van der Waals surface area (Å²) in [5.74, 6) is 0. The predicted octanol–water partition coefficient (Wildman–Crippen LogP) is 6.29. The molecule has 0 saturated heterocycles. The molecule has 4 rings (SSSR count). The zero-order valence-electron chi connectivity index (χ0n) is 16.7. The zero-order chi connectivity index (χ0) is 21.6. The third-order valence-electron chi connectivity index (χ3n) is 4.86. The van der Waals surface area contributed by atoms with Gasteiger partial charge in [-0.2, -0.15) is 15.0 Å². The number of benzene rings is 3. The van der Waals surface area contributed by atoms with Gasteiger partial charge < -0.3 is 5.32 Å². The topological polar surface area (TPSA) is 42.7 Å². The molecule has 1 aromatic heterocycles. The van der Waals surface area contributed by atoms with E-state index in [4.69, 9.17) is 45.0 Å². The highest BCUT2D eigenvalue weighted by molar-refractivity contribution is 6.35. The SMILES string of the molecule is Clc1cccc(Cn2nc(CNCCc3ccc(Cl)cc3Cl)c(-c3ccccc3)n2)c1. The molecule has 4 aromatic rings. The number of aromatic nitrogens is 3. The van der Waals surface area contributed by atoms with Gasteiger partial charge in [0, 0.05) is 27.2 Å². The Balaban J connectivity index is 1.48. The summed E-state index contributed by atoms with van der Waals surface area (Å²) in [6, 6.07) is 23.4. The minimum atomic E-state index is 0.556. The van der Waals surface area contributed by atoms with Crippen molar-refractivity contribution in [1.29, 1.82) is 0 Å². The summed E-state index contributed by atoms with van der Waals surface area (Å²) in [7, 11) is 0. The van der Waals surface area contributed by atoms with Crippen LogP contribution in [0.2, 0.25) is 15.1 Å². The van der Waals surface area contributed by atoms with Gasteiger partial charge in [-0.3, -0.25) is 0 Å². The molecule has 4 nitrogen and oxygen atoms in total. The molecule has 0 aliphatic rings. The van der Waals surface area contributed by atoms with E-state index in [2.05, 4.69) is 5.32 Å². The normalized spacial score (nSPS) is 11.1. The molecule has 0 spiro atoms. The maximum atomic E-state index is 6.27. The van der Waals surface area contributed by atoms with Crippen molar-refractivity contribution in [2.24, 2.45) is 0 Å². The van der Waals surface area contributed by atoms with E-state index in [1.54, 1.807) is 10.9 Å². The molecule has 0 aliphatic heterocycles. The third-order valence-corrected chi connectivity index (χ3v) is 5.69. The van der Waals surface area contributed by atoms with Crippen molar-refractivity contribution in [2.75, 3.05) is 6.54 Å². The second-order valence-corrected chi connectivity index (χ2v) is 8.46. The summed E-state index contributed by atoms with van der Waals surface area (Å²) in [5.41, 5.74) is 4.93. The first kappa shape index (κ1) is 21.8. The summed E-state index contributed by atoms with van der Waals surface area (Å²) >= 11 is 18.4. The van der Waals surface area contributed by atoms with E-state index in [-0.39, 0.29) is 0 Å². The maximum Gasteiger partial charge on any atom is 0.117 e. The van der Waals surface area contributed by atoms with E-state index >= 15 is 0 Å². The highest BCUT2D eigenvalue weighted by Crippen LogP contribution is 2.22. The van der Waals surface area contributed by atoms with Crippen LogP contribution in [-0.2, 0) is 19.5 Å². The summed E-state index contributed by atoms with van der Waals surface area (Å²) in [5, 5.41) is 15.0. The molecule has 1 N–H and O–H groups in total. The number of nitrogens with one attached hydrogen (secondary N) is 1. The Hall–Kier alpha value is -2.37. The van der Waals surface area contributed by atoms with Gasteiger partial charge in [-0.05, 0) is 48.4 Å². The van der Waals surface area contributed by atoms with Crippen LogP contribution in [0.5, 0.6) is 0 Å². The molecule has 0 atom stereocenters. The first-order chi connectivity index (χ1) is 15.1. The highest BCUT2D eigenvalue weighted by atomic mass is 35.5. The molecule has 0 unspecified atom stereocenters. The molecule has 31 heavy (non-hydrogen) atoms. The lowest BCUT2D eigenvalue weighted by Crippen LogP contribution is -2.18. The van der Waals surface area contributed by atoms with Crippen LogP contribution in [0.15, 0.2) is 72.8 Å². The van der Waals surface area contributed by atoms with E-state index in [1.165, 1.54) is 0 Å². The molecule has 0 fully saturated rings. The monoisotopic (exact) mass is 470 g/mol. The molecule has 0 bridgehead atoms. The second-order valence-electron chi connectivity index (χ2n) is 7.18. The van der Waals surface area contributed by atoms with Crippen molar-refractivity contribution in [1.82, 2.24) is 20.3 Å². The van der Waals surface area contributed by atoms with E-state index in [1.807, 2.05) is 66.7 Å². The van der Waals surface area contributed by atoms with Gasteiger partial charge in [0.25, 0.3) is 0 Å². The molecule has 3 aromatic carbocycles.